The van der Waals surface area contributed by atoms with Crippen LogP contribution in [0.15, 0.2) is 0 Å². The Labute approximate surface area is 173 Å². The molecule has 2 nitrogen and oxygen atoms in total. The van der Waals surface area contributed by atoms with Gasteiger partial charge in [-0.25, -0.2) is 0 Å². The molecule has 0 heterocycles. The van der Waals surface area contributed by atoms with Crippen LogP contribution in [0.5, 0.6) is 0 Å². The first-order valence-electron chi connectivity index (χ1n) is 11.8. The Morgan fingerprint density at radius 1 is 0.862 bits per heavy atom. The van der Waals surface area contributed by atoms with E-state index in [2.05, 4.69) is 20.8 Å². The van der Waals surface area contributed by atoms with Crippen molar-refractivity contribution in [2.75, 3.05) is 0 Å². The summed E-state index contributed by atoms with van der Waals surface area (Å²) in [5.41, 5.74) is -2.31. The number of rotatable bonds is 2. The Balaban J connectivity index is 1.56. The molecule has 0 bridgehead atoms. The summed E-state index contributed by atoms with van der Waals surface area (Å²) in [7, 11) is 0. The lowest BCUT2D eigenvalue weighted by atomic mass is 9.43. The standard InChI is InChI=1S/C24H39F3O2/c1-14(15(2)28)18-7-8-19-17-6-5-16-13-23(29,24(25,26)27)12-11-21(16,3)20(17)9-10-22(18,19)4/h14-20,28-29H,5-13H2,1-4H3/t14-,15-,16-,17-,18-,19-,20-,21-,22+,23-/m0/s1. The molecular formula is C24H39F3O2. The molecule has 168 valence electrons. The average molecular weight is 417 g/mol. The van der Waals surface area contributed by atoms with Gasteiger partial charge in [0.15, 0.2) is 5.60 Å². The van der Waals surface area contributed by atoms with Crippen molar-refractivity contribution < 1.29 is 23.4 Å². The first kappa shape index (κ1) is 21.9. The van der Waals surface area contributed by atoms with Crippen molar-refractivity contribution >= 4 is 0 Å². The summed E-state index contributed by atoms with van der Waals surface area (Å²) in [6.07, 6.45) is 1.85. The molecular weight excluding hydrogens is 377 g/mol. The van der Waals surface area contributed by atoms with Gasteiger partial charge in [-0.2, -0.15) is 13.2 Å². The monoisotopic (exact) mass is 416 g/mol. The van der Waals surface area contributed by atoms with Crippen LogP contribution in [0.2, 0.25) is 0 Å². The summed E-state index contributed by atoms with van der Waals surface area (Å²) >= 11 is 0. The Bertz CT molecular complexity index is 634. The van der Waals surface area contributed by atoms with Crippen LogP contribution in [0.4, 0.5) is 13.2 Å². The molecule has 0 spiro atoms. The Hall–Kier alpha value is -0.290. The highest BCUT2D eigenvalue weighted by Gasteiger charge is 2.65. The molecule has 4 saturated carbocycles. The van der Waals surface area contributed by atoms with E-state index in [-0.39, 0.29) is 35.7 Å². The van der Waals surface area contributed by atoms with Crippen molar-refractivity contribution in [3.63, 3.8) is 0 Å². The van der Waals surface area contributed by atoms with Gasteiger partial charge in [0.05, 0.1) is 6.10 Å². The molecule has 0 saturated heterocycles. The minimum Gasteiger partial charge on any atom is -0.393 e. The zero-order chi connectivity index (χ0) is 21.4. The van der Waals surface area contributed by atoms with Crippen molar-refractivity contribution in [2.24, 2.45) is 46.3 Å². The molecule has 0 amide bonds. The summed E-state index contributed by atoms with van der Waals surface area (Å²) < 4.78 is 40.4. The molecule has 0 aromatic heterocycles. The maximum absolute atomic E-state index is 13.5. The van der Waals surface area contributed by atoms with E-state index in [0.717, 1.165) is 25.7 Å². The highest BCUT2D eigenvalue weighted by atomic mass is 19.4. The molecule has 0 unspecified atom stereocenters. The number of fused-ring (bicyclic) bond motifs is 5. The van der Waals surface area contributed by atoms with E-state index in [4.69, 9.17) is 0 Å². The third-order valence-electron chi connectivity index (χ3n) is 10.7. The van der Waals surface area contributed by atoms with Crippen LogP contribution < -0.4 is 0 Å². The second-order valence-electron chi connectivity index (χ2n) is 11.7. The lowest BCUT2D eigenvalue weighted by molar-refractivity contribution is -0.290. The molecule has 4 aliphatic rings. The smallest absolute Gasteiger partial charge is 0.393 e. The Morgan fingerprint density at radius 3 is 2.14 bits per heavy atom. The van der Waals surface area contributed by atoms with Crippen LogP contribution in [0.1, 0.15) is 85.5 Å². The van der Waals surface area contributed by atoms with E-state index in [1.165, 1.54) is 12.8 Å². The van der Waals surface area contributed by atoms with Crippen molar-refractivity contribution in [1.29, 1.82) is 0 Å². The van der Waals surface area contributed by atoms with Gasteiger partial charge in [-0.05, 0) is 111 Å². The zero-order valence-corrected chi connectivity index (χ0v) is 18.4. The van der Waals surface area contributed by atoms with Crippen molar-refractivity contribution in [3.05, 3.63) is 0 Å². The van der Waals surface area contributed by atoms with Crippen molar-refractivity contribution in [3.8, 4) is 0 Å². The number of halogens is 3. The topological polar surface area (TPSA) is 40.5 Å². The fourth-order valence-electron chi connectivity index (χ4n) is 8.74. The second kappa shape index (κ2) is 6.85. The van der Waals surface area contributed by atoms with Crippen LogP contribution in [0, 0.1) is 46.3 Å². The lowest BCUT2D eigenvalue weighted by Gasteiger charge is -2.62. The van der Waals surface area contributed by atoms with E-state index in [1.54, 1.807) is 0 Å². The molecule has 0 radical (unpaired) electrons. The maximum Gasteiger partial charge on any atom is 0.417 e. The molecule has 10 atom stereocenters. The van der Waals surface area contributed by atoms with Crippen LogP contribution in [-0.2, 0) is 0 Å². The molecule has 4 fully saturated rings. The van der Waals surface area contributed by atoms with E-state index in [1.807, 2.05) is 6.92 Å². The summed E-state index contributed by atoms with van der Waals surface area (Å²) in [6, 6.07) is 0. The fraction of sp³-hybridized carbons (Fsp3) is 1.00. The fourth-order valence-corrected chi connectivity index (χ4v) is 8.74. The zero-order valence-electron chi connectivity index (χ0n) is 18.4. The quantitative estimate of drug-likeness (QED) is 0.583. The SMILES string of the molecule is C[C@@H]([C@H](C)O)[C@@H]1CC[C@H]2[C@@H]3CC[C@H]4C[C@](O)(C(F)(F)F)CC[C@]4(C)[C@H]3CC[C@]12C. The molecule has 0 aromatic rings. The van der Waals surface area contributed by atoms with E-state index < -0.39 is 11.8 Å². The number of alkyl halides is 3. The largest absolute Gasteiger partial charge is 0.417 e. The third-order valence-corrected chi connectivity index (χ3v) is 10.7. The molecule has 0 aromatic carbocycles. The number of hydrogen-bond donors (Lipinski definition) is 2. The Morgan fingerprint density at radius 2 is 1.52 bits per heavy atom. The molecule has 5 heteroatoms. The van der Waals surface area contributed by atoms with Gasteiger partial charge in [0.1, 0.15) is 0 Å². The summed E-state index contributed by atoms with van der Waals surface area (Å²) in [6.45, 7) is 8.76. The minimum absolute atomic E-state index is 0.0259. The van der Waals surface area contributed by atoms with Crippen LogP contribution >= 0.6 is 0 Å². The molecule has 0 aliphatic heterocycles. The van der Waals surface area contributed by atoms with Gasteiger partial charge in [-0.3, -0.25) is 0 Å². The van der Waals surface area contributed by atoms with Crippen LogP contribution in [0.25, 0.3) is 0 Å². The predicted octanol–water partition coefficient (Wildman–Crippen LogP) is 5.96. The van der Waals surface area contributed by atoms with Crippen molar-refractivity contribution in [2.45, 2.75) is 103 Å². The van der Waals surface area contributed by atoms with E-state index in [9.17, 15) is 23.4 Å². The van der Waals surface area contributed by atoms with Gasteiger partial charge in [-0.15, -0.1) is 0 Å². The number of aliphatic hydroxyl groups excluding tert-OH is 1. The predicted molar refractivity (Wildman–Crippen MR) is 107 cm³/mol. The van der Waals surface area contributed by atoms with Crippen molar-refractivity contribution in [1.82, 2.24) is 0 Å². The second-order valence-corrected chi connectivity index (χ2v) is 11.7. The van der Waals surface area contributed by atoms with Gasteiger partial charge in [0, 0.05) is 0 Å². The number of hydrogen-bond acceptors (Lipinski definition) is 2. The molecule has 2 N–H and O–H groups in total. The number of aliphatic hydroxyl groups is 2. The van der Waals surface area contributed by atoms with Gasteiger partial charge in [-0.1, -0.05) is 20.8 Å². The maximum atomic E-state index is 13.5. The van der Waals surface area contributed by atoms with Crippen LogP contribution in [0.3, 0.4) is 0 Å². The first-order valence-corrected chi connectivity index (χ1v) is 11.8. The molecule has 29 heavy (non-hydrogen) atoms. The minimum atomic E-state index is -4.52. The van der Waals surface area contributed by atoms with Gasteiger partial charge in [0.2, 0.25) is 0 Å². The molecule has 4 aliphatic carbocycles. The van der Waals surface area contributed by atoms with Gasteiger partial charge >= 0.3 is 6.18 Å². The lowest BCUT2D eigenvalue weighted by Crippen LogP contribution is -2.59. The normalized spacial score (nSPS) is 52.2. The van der Waals surface area contributed by atoms with E-state index in [0.29, 0.717) is 36.0 Å². The third kappa shape index (κ3) is 3.11. The van der Waals surface area contributed by atoms with Gasteiger partial charge in [0.25, 0.3) is 0 Å². The van der Waals surface area contributed by atoms with Gasteiger partial charge < -0.3 is 10.2 Å². The average Bonchev–Trinajstić information content (AvgIpc) is 2.98. The highest BCUT2D eigenvalue weighted by Crippen LogP contribution is 2.69. The first-order chi connectivity index (χ1) is 13.3. The summed E-state index contributed by atoms with van der Waals surface area (Å²) in [5.74, 6) is 2.53. The highest BCUT2D eigenvalue weighted by molar-refractivity contribution is 5.11. The Kier molecular flexibility index (Phi) is 5.18. The summed E-state index contributed by atoms with van der Waals surface area (Å²) in [5, 5.41) is 20.6. The van der Waals surface area contributed by atoms with Crippen LogP contribution in [-0.4, -0.2) is 28.1 Å². The molecule has 4 rings (SSSR count). The summed E-state index contributed by atoms with van der Waals surface area (Å²) in [4.78, 5) is 0. The van der Waals surface area contributed by atoms with E-state index >= 15 is 0 Å².